The van der Waals surface area contributed by atoms with Gasteiger partial charge in [-0.1, -0.05) is 60.7 Å². The molecule has 0 aliphatic carbocycles. The van der Waals surface area contributed by atoms with Crippen molar-refractivity contribution in [3.05, 3.63) is 111 Å². The Bertz CT molecular complexity index is 917. The van der Waals surface area contributed by atoms with Crippen LogP contribution in [0.4, 0.5) is 5.69 Å². The monoisotopic (exact) mass is 374 g/mol. The quantitative estimate of drug-likeness (QED) is 0.474. The van der Waals surface area contributed by atoms with Crippen molar-refractivity contribution in [3.8, 4) is 0 Å². The lowest BCUT2D eigenvalue weighted by molar-refractivity contribution is -0.385. The molecule has 0 heterocycles. The summed E-state index contributed by atoms with van der Waals surface area (Å²) >= 11 is 0. The number of nitrogens with zero attached hydrogens (tertiary/aromatic N) is 1. The fourth-order valence-corrected chi connectivity index (χ4v) is 3.33. The van der Waals surface area contributed by atoms with Crippen molar-refractivity contribution in [2.75, 3.05) is 6.54 Å². The van der Waals surface area contributed by atoms with E-state index in [1.165, 1.54) is 23.3 Å². The summed E-state index contributed by atoms with van der Waals surface area (Å²) in [6.07, 6.45) is 0.756. The summed E-state index contributed by atoms with van der Waals surface area (Å²) in [4.78, 5) is 22.9. The van der Waals surface area contributed by atoms with Gasteiger partial charge in [0.2, 0.25) is 0 Å². The summed E-state index contributed by atoms with van der Waals surface area (Å²) in [5.74, 6) is -0.0424. The highest BCUT2D eigenvalue weighted by molar-refractivity contribution is 5.94. The molecule has 0 fully saturated rings. The SMILES string of the molecule is Cc1cc(C(=O)NCCC(c2ccccc2)c2ccccc2)ccc1[N+](=O)[O-]. The topological polar surface area (TPSA) is 72.2 Å². The maximum atomic E-state index is 12.5. The fraction of sp³-hybridized carbons (Fsp3) is 0.174. The number of carbonyl (C=O) groups is 1. The molecule has 1 N–H and O–H groups in total. The molecule has 0 aliphatic rings. The minimum Gasteiger partial charge on any atom is -0.352 e. The van der Waals surface area contributed by atoms with Crippen LogP contribution in [0.3, 0.4) is 0 Å². The van der Waals surface area contributed by atoms with Crippen molar-refractivity contribution in [2.45, 2.75) is 19.3 Å². The van der Waals surface area contributed by atoms with Crippen molar-refractivity contribution >= 4 is 11.6 Å². The van der Waals surface area contributed by atoms with Crippen molar-refractivity contribution in [3.63, 3.8) is 0 Å². The maximum absolute atomic E-state index is 12.5. The maximum Gasteiger partial charge on any atom is 0.272 e. The van der Waals surface area contributed by atoms with Crippen molar-refractivity contribution in [1.29, 1.82) is 0 Å². The van der Waals surface area contributed by atoms with Crippen LogP contribution in [0.2, 0.25) is 0 Å². The Kier molecular flexibility index (Phi) is 6.17. The van der Waals surface area contributed by atoms with Crippen LogP contribution in [0, 0.1) is 17.0 Å². The second kappa shape index (κ2) is 8.95. The third kappa shape index (κ3) is 4.62. The first kappa shape index (κ1) is 19.3. The van der Waals surface area contributed by atoms with E-state index in [1.54, 1.807) is 13.0 Å². The van der Waals surface area contributed by atoms with Gasteiger partial charge < -0.3 is 5.32 Å². The number of hydrogen-bond acceptors (Lipinski definition) is 3. The van der Waals surface area contributed by atoms with Crippen LogP contribution in [0.5, 0.6) is 0 Å². The van der Waals surface area contributed by atoms with Crippen LogP contribution in [-0.2, 0) is 0 Å². The van der Waals surface area contributed by atoms with Gasteiger partial charge in [0.15, 0.2) is 0 Å². The zero-order valence-corrected chi connectivity index (χ0v) is 15.7. The Morgan fingerprint density at radius 2 is 1.54 bits per heavy atom. The number of nitrogens with one attached hydrogen (secondary N) is 1. The fourth-order valence-electron chi connectivity index (χ4n) is 3.33. The summed E-state index contributed by atoms with van der Waals surface area (Å²) in [7, 11) is 0. The summed E-state index contributed by atoms with van der Waals surface area (Å²) in [6, 6.07) is 24.9. The molecule has 0 bridgehead atoms. The third-order valence-corrected chi connectivity index (χ3v) is 4.78. The molecule has 28 heavy (non-hydrogen) atoms. The van der Waals surface area contributed by atoms with E-state index in [0.29, 0.717) is 17.7 Å². The van der Waals surface area contributed by atoms with Gasteiger partial charge in [0, 0.05) is 29.7 Å². The first-order chi connectivity index (χ1) is 13.6. The molecule has 3 aromatic rings. The molecule has 3 rings (SSSR count). The molecule has 1 amide bonds. The second-order valence-electron chi connectivity index (χ2n) is 6.68. The second-order valence-corrected chi connectivity index (χ2v) is 6.68. The molecule has 0 unspecified atom stereocenters. The average Bonchev–Trinajstić information content (AvgIpc) is 2.72. The van der Waals surface area contributed by atoms with Crippen molar-refractivity contribution in [1.82, 2.24) is 5.32 Å². The lowest BCUT2D eigenvalue weighted by atomic mass is 9.88. The lowest BCUT2D eigenvalue weighted by Crippen LogP contribution is -2.26. The highest BCUT2D eigenvalue weighted by Crippen LogP contribution is 2.27. The molecule has 0 spiro atoms. The third-order valence-electron chi connectivity index (χ3n) is 4.78. The summed E-state index contributed by atoms with van der Waals surface area (Å²) in [6.45, 7) is 2.14. The molecule has 5 nitrogen and oxygen atoms in total. The zero-order valence-electron chi connectivity index (χ0n) is 15.7. The predicted molar refractivity (Wildman–Crippen MR) is 110 cm³/mol. The summed E-state index contributed by atoms with van der Waals surface area (Å²) in [5.41, 5.74) is 3.33. The zero-order chi connectivity index (χ0) is 19.9. The number of amides is 1. The summed E-state index contributed by atoms with van der Waals surface area (Å²) in [5, 5.41) is 13.9. The average molecular weight is 374 g/mol. The van der Waals surface area contributed by atoms with E-state index < -0.39 is 4.92 Å². The largest absolute Gasteiger partial charge is 0.352 e. The number of rotatable bonds is 7. The van der Waals surface area contributed by atoms with Gasteiger partial charge in [0.1, 0.15) is 0 Å². The molecule has 5 heteroatoms. The van der Waals surface area contributed by atoms with E-state index in [0.717, 1.165) is 6.42 Å². The van der Waals surface area contributed by atoms with Crippen LogP contribution in [0.1, 0.15) is 39.4 Å². The first-order valence-corrected chi connectivity index (χ1v) is 9.19. The molecule has 3 aromatic carbocycles. The molecular weight excluding hydrogens is 352 g/mol. The Labute approximate surface area is 164 Å². The van der Waals surface area contributed by atoms with Crippen LogP contribution >= 0.6 is 0 Å². The molecule has 0 aliphatic heterocycles. The van der Waals surface area contributed by atoms with Gasteiger partial charge in [-0.3, -0.25) is 14.9 Å². The van der Waals surface area contributed by atoms with Crippen LogP contribution in [0.25, 0.3) is 0 Å². The van der Waals surface area contributed by atoms with Gasteiger partial charge in [-0.15, -0.1) is 0 Å². The number of aryl methyl sites for hydroxylation is 1. The normalized spacial score (nSPS) is 10.6. The van der Waals surface area contributed by atoms with Crippen LogP contribution in [-0.4, -0.2) is 17.4 Å². The molecular formula is C23H22N2O3. The smallest absolute Gasteiger partial charge is 0.272 e. The van der Waals surface area contributed by atoms with E-state index in [-0.39, 0.29) is 17.5 Å². The highest BCUT2D eigenvalue weighted by Gasteiger charge is 2.16. The molecule has 0 radical (unpaired) electrons. The minimum absolute atomic E-state index is 0.0183. The van der Waals surface area contributed by atoms with E-state index >= 15 is 0 Å². The highest BCUT2D eigenvalue weighted by atomic mass is 16.6. The number of nitro groups is 1. The van der Waals surface area contributed by atoms with Gasteiger partial charge in [-0.05, 0) is 36.6 Å². The predicted octanol–water partition coefficient (Wildman–Crippen LogP) is 4.86. The standard InChI is InChI=1S/C23H22N2O3/c1-17-16-20(12-13-22(17)25(27)28)23(26)24-15-14-21(18-8-4-2-5-9-18)19-10-6-3-7-11-19/h2-13,16,21H,14-15H2,1H3,(H,24,26). The van der Waals surface area contributed by atoms with Gasteiger partial charge >= 0.3 is 0 Å². The Hall–Kier alpha value is -3.47. The summed E-state index contributed by atoms with van der Waals surface area (Å²) < 4.78 is 0. The van der Waals surface area contributed by atoms with E-state index in [4.69, 9.17) is 0 Å². The van der Waals surface area contributed by atoms with E-state index in [9.17, 15) is 14.9 Å². The number of hydrogen-bond donors (Lipinski definition) is 1. The minimum atomic E-state index is -0.443. The Morgan fingerprint density at radius 3 is 2.04 bits per heavy atom. The Morgan fingerprint density at radius 1 is 0.964 bits per heavy atom. The van der Waals surface area contributed by atoms with Gasteiger partial charge in [-0.2, -0.15) is 0 Å². The molecule has 0 saturated carbocycles. The molecule has 142 valence electrons. The van der Waals surface area contributed by atoms with Crippen LogP contribution < -0.4 is 5.32 Å². The number of benzene rings is 3. The van der Waals surface area contributed by atoms with Crippen LogP contribution in [0.15, 0.2) is 78.9 Å². The van der Waals surface area contributed by atoms with Gasteiger partial charge in [0.25, 0.3) is 11.6 Å². The molecule has 0 saturated heterocycles. The number of carbonyl (C=O) groups excluding carboxylic acids is 1. The van der Waals surface area contributed by atoms with Gasteiger partial charge in [0.05, 0.1) is 4.92 Å². The molecule has 0 atom stereocenters. The molecule has 0 aromatic heterocycles. The lowest BCUT2D eigenvalue weighted by Gasteiger charge is -2.18. The van der Waals surface area contributed by atoms with E-state index in [1.807, 2.05) is 36.4 Å². The van der Waals surface area contributed by atoms with E-state index in [2.05, 4.69) is 29.6 Å². The van der Waals surface area contributed by atoms with Crippen molar-refractivity contribution in [2.24, 2.45) is 0 Å². The van der Waals surface area contributed by atoms with Crippen molar-refractivity contribution < 1.29 is 9.72 Å². The van der Waals surface area contributed by atoms with Gasteiger partial charge in [-0.25, -0.2) is 0 Å². The Balaban J connectivity index is 1.68. The first-order valence-electron chi connectivity index (χ1n) is 9.19. The number of nitro benzene ring substituents is 1.